The number of hydrogen-bond acceptors (Lipinski definition) is 4. The van der Waals surface area contributed by atoms with Gasteiger partial charge in [0.25, 0.3) is 5.69 Å². The lowest BCUT2D eigenvalue weighted by molar-refractivity contribution is -0.384. The molecule has 0 bridgehead atoms. The molecule has 1 N–H and O–H groups in total. The Kier molecular flexibility index (Phi) is 4.83. The number of anilines is 1. The summed E-state index contributed by atoms with van der Waals surface area (Å²) in [6.45, 7) is 5.01. The first-order valence-corrected chi connectivity index (χ1v) is 7.48. The molecule has 0 amide bonds. The molecule has 1 saturated carbocycles. The highest BCUT2D eigenvalue weighted by Gasteiger charge is 2.27. The molecule has 1 fully saturated rings. The molecular formula is C16H24N2O3. The molecule has 0 radical (unpaired) electrons. The maximum Gasteiger partial charge on any atom is 0.292 e. The first kappa shape index (κ1) is 15.8. The van der Waals surface area contributed by atoms with Crippen molar-refractivity contribution < 1.29 is 9.66 Å². The van der Waals surface area contributed by atoms with Crippen LogP contribution in [0.4, 0.5) is 11.4 Å². The molecule has 0 aliphatic heterocycles. The highest BCUT2D eigenvalue weighted by Crippen LogP contribution is 2.37. The number of para-hydroxylation sites is 1. The fourth-order valence-corrected chi connectivity index (χ4v) is 2.89. The van der Waals surface area contributed by atoms with E-state index in [-0.39, 0.29) is 16.7 Å². The topological polar surface area (TPSA) is 64.4 Å². The van der Waals surface area contributed by atoms with E-state index in [1.807, 2.05) is 6.07 Å². The van der Waals surface area contributed by atoms with Gasteiger partial charge in [-0.05, 0) is 31.1 Å². The second kappa shape index (κ2) is 6.43. The average Bonchev–Trinajstić information content (AvgIpc) is 2.45. The van der Waals surface area contributed by atoms with Gasteiger partial charge >= 0.3 is 0 Å². The Morgan fingerprint density at radius 2 is 2.05 bits per heavy atom. The van der Waals surface area contributed by atoms with Crippen molar-refractivity contribution in [3.05, 3.63) is 33.9 Å². The van der Waals surface area contributed by atoms with Gasteiger partial charge in [0.2, 0.25) is 0 Å². The third-order valence-electron chi connectivity index (χ3n) is 4.34. The van der Waals surface area contributed by atoms with Crippen molar-refractivity contribution >= 4 is 11.4 Å². The van der Waals surface area contributed by atoms with Crippen LogP contribution in [0.2, 0.25) is 0 Å². The van der Waals surface area contributed by atoms with E-state index in [9.17, 15) is 10.1 Å². The lowest BCUT2D eigenvalue weighted by atomic mass is 9.76. The number of rotatable bonds is 5. The fraction of sp³-hybridized carbons (Fsp3) is 0.625. The minimum Gasteiger partial charge on any atom is -0.382 e. The lowest BCUT2D eigenvalue weighted by Crippen LogP contribution is -2.26. The molecule has 5 heteroatoms. The lowest BCUT2D eigenvalue weighted by Gasteiger charge is -2.34. The van der Waals surface area contributed by atoms with E-state index < -0.39 is 0 Å². The van der Waals surface area contributed by atoms with Crippen molar-refractivity contribution in [2.45, 2.75) is 52.2 Å². The van der Waals surface area contributed by atoms with Crippen LogP contribution in [0.15, 0.2) is 18.2 Å². The normalized spacial score (nSPS) is 18.4. The summed E-state index contributed by atoms with van der Waals surface area (Å²) >= 11 is 0. The zero-order chi connectivity index (χ0) is 15.5. The van der Waals surface area contributed by atoms with Crippen LogP contribution in [0.1, 0.15) is 45.1 Å². The first-order chi connectivity index (χ1) is 9.93. The SMILES string of the molecule is CNc1c(COC2CCC(C)(C)CC2)cccc1[N+](=O)[O-]. The van der Waals surface area contributed by atoms with Gasteiger partial charge in [-0.2, -0.15) is 0 Å². The summed E-state index contributed by atoms with van der Waals surface area (Å²) in [5.74, 6) is 0. The third-order valence-corrected chi connectivity index (χ3v) is 4.34. The van der Waals surface area contributed by atoms with Crippen LogP contribution >= 0.6 is 0 Å². The molecule has 1 aliphatic carbocycles. The minimum absolute atomic E-state index is 0.100. The number of benzene rings is 1. The van der Waals surface area contributed by atoms with E-state index in [2.05, 4.69) is 19.2 Å². The van der Waals surface area contributed by atoms with Crippen molar-refractivity contribution in [3.8, 4) is 0 Å². The average molecular weight is 292 g/mol. The molecule has 0 heterocycles. The predicted octanol–water partition coefficient (Wildman–Crippen LogP) is 4.12. The summed E-state index contributed by atoms with van der Waals surface area (Å²) in [5, 5.41) is 14.0. The van der Waals surface area contributed by atoms with Crippen LogP contribution in [0, 0.1) is 15.5 Å². The van der Waals surface area contributed by atoms with Gasteiger partial charge in [0.05, 0.1) is 17.6 Å². The van der Waals surface area contributed by atoms with Gasteiger partial charge in [0, 0.05) is 18.7 Å². The monoisotopic (exact) mass is 292 g/mol. The Morgan fingerprint density at radius 1 is 1.38 bits per heavy atom. The maximum atomic E-state index is 11.0. The van der Waals surface area contributed by atoms with Crippen LogP contribution < -0.4 is 5.32 Å². The van der Waals surface area contributed by atoms with Crippen LogP contribution in [0.3, 0.4) is 0 Å². The summed E-state index contributed by atoms with van der Waals surface area (Å²) in [7, 11) is 1.70. The second-order valence-corrected chi connectivity index (χ2v) is 6.49. The highest BCUT2D eigenvalue weighted by atomic mass is 16.6. The zero-order valence-corrected chi connectivity index (χ0v) is 13.0. The van der Waals surface area contributed by atoms with E-state index >= 15 is 0 Å². The Balaban J connectivity index is 2.01. The molecule has 1 aliphatic rings. The van der Waals surface area contributed by atoms with Crippen molar-refractivity contribution in [3.63, 3.8) is 0 Å². The molecule has 1 aromatic rings. The largest absolute Gasteiger partial charge is 0.382 e. The fourth-order valence-electron chi connectivity index (χ4n) is 2.89. The van der Waals surface area contributed by atoms with Gasteiger partial charge < -0.3 is 10.1 Å². The molecular weight excluding hydrogens is 268 g/mol. The van der Waals surface area contributed by atoms with Crippen molar-refractivity contribution in [1.82, 2.24) is 0 Å². The summed E-state index contributed by atoms with van der Waals surface area (Å²) < 4.78 is 5.98. The van der Waals surface area contributed by atoms with Gasteiger partial charge in [-0.3, -0.25) is 10.1 Å². The smallest absolute Gasteiger partial charge is 0.292 e. The number of nitro benzene ring substituents is 1. The van der Waals surface area contributed by atoms with E-state index in [1.165, 1.54) is 18.9 Å². The number of hydrogen-bond donors (Lipinski definition) is 1. The molecule has 1 aromatic carbocycles. The summed E-state index contributed by atoms with van der Waals surface area (Å²) in [5.41, 5.74) is 1.92. The van der Waals surface area contributed by atoms with Crippen molar-refractivity contribution in [1.29, 1.82) is 0 Å². The molecule has 5 nitrogen and oxygen atoms in total. The Labute approximate surface area is 125 Å². The molecule has 0 spiro atoms. The molecule has 0 unspecified atom stereocenters. The van der Waals surface area contributed by atoms with Gasteiger partial charge in [-0.25, -0.2) is 0 Å². The number of nitro groups is 1. The van der Waals surface area contributed by atoms with Crippen molar-refractivity contribution in [2.75, 3.05) is 12.4 Å². The first-order valence-electron chi connectivity index (χ1n) is 7.48. The van der Waals surface area contributed by atoms with Crippen LogP contribution in [0.5, 0.6) is 0 Å². The van der Waals surface area contributed by atoms with E-state index in [4.69, 9.17) is 4.74 Å². The number of nitrogens with zero attached hydrogens (tertiary/aromatic N) is 1. The maximum absolute atomic E-state index is 11.0. The highest BCUT2D eigenvalue weighted by molar-refractivity contribution is 5.65. The predicted molar refractivity (Wildman–Crippen MR) is 83.5 cm³/mol. The van der Waals surface area contributed by atoms with Crippen LogP contribution in [-0.2, 0) is 11.3 Å². The number of nitrogens with one attached hydrogen (secondary N) is 1. The molecule has 0 aromatic heterocycles. The van der Waals surface area contributed by atoms with Gasteiger partial charge in [0.15, 0.2) is 0 Å². The molecule has 2 rings (SSSR count). The van der Waals surface area contributed by atoms with Gasteiger partial charge in [0.1, 0.15) is 5.69 Å². The van der Waals surface area contributed by atoms with Gasteiger partial charge in [-0.15, -0.1) is 0 Å². The number of ether oxygens (including phenoxy) is 1. The Hall–Kier alpha value is -1.62. The molecule has 0 atom stereocenters. The summed E-state index contributed by atoms with van der Waals surface area (Å²) in [6.07, 6.45) is 4.74. The van der Waals surface area contributed by atoms with E-state index in [0.717, 1.165) is 18.4 Å². The summed E-state index contributed by atoms with van der Waals surface area (Å²) in [6, 6.07) is 5.10. The van der Waals surface area contributed by atoms with E-state index in [0.29, 0.717) is 17.7 Å². The molecule has 21 heavy (non-hydrogen) atoms. The quantitative estimate of drug-likeness (QED) is 0.655. The second-order valence-electron chi connectivity index (χ2n) is 6.49. The molecule has 116 valence electrons. The van der Waals surface area contributed by atoms with E-state index in [1.54, 1.807) is 13.1 Å². The van der Waals surface area contributed by atoms with Crippen LogP contribution in [0.25, 0.3) is 0 Å². The Morgan fingerprint density at radius 3 is 2.62 bits per heavy atom. The summed E-state index contributed by atoms with van der Waals surface area (Å²) in [4.78, 5) is 10.7. The molecule has 0 saturated heterocycles. The van der Waals surface area contributed by atoms with Crippen LogP contribution in [-0.4, -0.2) is 18.1 Å². The zero-order valence-electron chi connectivity index (χ0n) is 13.0. The van der Waals surface area contributed by atoms with Crippen molar-refractivity contribution in [2.24, 2.45) is 5.41 Å². The van der Waals surface area contributed by atoms with Gasteiger partial charge in [-0.1, -0.05) is 26.0 Å². The standard InChI is InChI=1S/C16H24N2O3/c1-16(2)9-7-13(8-10-16)21-11-12-5-4-6-14(18(19)20)15(12)17-3/h4-6,13,17H,7-11H2,1-3H3. The Bertz CT molecular complexity index is 504. The third kappa shape index (κ3) is 3.94. The minimum atomic E-state index is -0.363.